The number of fused-ring (bicyclic) bond motifs is 2. The Hall–Kier alpha value is -4.69. The Balaban J connectivity index is 1.43. The number of nitrogens with two attached hydrogens (primary N) is 2. The maximum absolute atomic E-state index is 13.7. The van der Waals surface area contributed by atoms with Gasteiger partial charge in [-0.2, -0.15) is 0 Å². The number of rotatable bonds is 7. The molecule has 1 aliphatic carbocycles. The lowest BCUT2D eigenvalue weighted by atomic mass is 9.92. The van der Waals surface area contributed by atoms with E-state index in [-0.39, 0.29) is 23.8 Å². The number of pyridine rings is 1. The minimum absolute atomic E-state index is 0.0181. The van der Waals surface area contributed by atoms with Gasteiger partial charge >= 0.3 is 0 Å². The van der Waals surface area contributed by atoms with Gasteiger partial charge in [0, 0.05) is 47.4 Å². The first kappa shape index (κ1) is 25.6. The molecule has 3 aromatic carbocycles. The zero-order valence-corrected chi connectivity index (χ0v) is 22.1. The van der Waals surface area contributed by atoms with Gasteiger partial charge in [-0.15, -0.1) is 0 Å². The van der Waals surface area contributed by atoms with Gasteiger partial charge < -0.3 is 26.1 Å². The highest BCUT2D eigenvalue weighted by Crippen LogP contribution is 2.31. The monoisotopic (exact) mass is 532 g/mol. The number of benzene rings is 3. The molecule has 0 unspecified atom stereocenters. The lowest BCUT2D eigenvalue weighted by Crippen LogP contribution is -2.41. The first-order chi connectivity index (χ1) is 19.4. The highest BCUT2D eigenvalue weighted by atomic mass is 16.5. The van der Waals surface area contributed by atoms with E-state index in [0.29, 0.717) is 29.4 Å². The number of carbonyl (C=O) groups is 1. The lowest BCUT2D eigenvalue weighted by molar-refractivity contribution is 0.0917. The molecule has 0 atom stereocenters. The normalized spacial score (nSPS) is 17.1. The van der Waals surface area contributed by atoms with E-state index >= 15 is 0 Å². The van der Waals surface area contributed by atoms with Gasteiger partial charge in [-0.25, -0.2) is 4.98 Å². The Labute approximate surface area is 232 Å². The van der Waals surface area contributed by atoms with Crippen LogP contribution in [-0.2, 0) is 6.54 Å². The van der Waals surface area contributed by atoms with Crippen molar-refractivity contribution >= 4 is 33.4 Å². The van der Waals surface area contributed by atoms with Crippen LogP contribution in [0.5, 0.6) is 11.6 Å². The predicted octanol–water partition coefficient (Wildman–Crippen LogP) is 5.31. The van der Waals surface area contributed by atoms with Gasteiger partial charge in [-0.3, -0.25) is 10.2 Å². The highest BCUT2D eigenvalue weighted by Gasteiger charge is 2.23. The van der Waals surface area contributed by atoms with Crippen LogP contribution in [0.3, 0.4) is 0 Å². The van der Waals surface area contributed by atoms with Crippen LogP contribution < -0.4 is 21.5 Å². The fraction of sp³-hybridized carbons (Fsp3) is 0.219. The number of ether oxygens (including phenoxy) is 1. The van der Waals surface area contributed by atoms with Crippen molar-refractivity contribution in [3.63, 3.8) is 0 Å². The van der Waals surface area contributed by atoms with Crippen molar-refractivity contribution in [3.05, 3.63) is 102 Å². The number of amidine groups is 1. The second-order valence-electron chi connectivity index (χ2n) is 10.5. The van der Waals surface area contributed by atoms with Crippen LogP contribution in [0.1, 0.15) is 47.3 Å². The number of carbonyl (C=O) groups excluding carboxylic acids is 1. The summed E-state index contributed by atoms with van der Waals surface area (Å²) in [5.41, 5.74) is 14.9. The standard InChI is InChI=1S/C32H32N6O2/c33-24-10-12-25(13-11-24)37-32(39)29-17-21-8-9-22(31(34)35)18-28(21)38(29)19-23-16-26(40-30-7-3-4-14-36-30)15-20-5-1-2-6-27(20)23/h1-9,14-18,24-25H,10-13,19,33H2,(H3,34,35)(H,37,39). The fourth-order valence-electron chi connectivity index (χ4n) is 5.55. The molecule has 0 saturated heterocycles. The molecule has 2 heterocycles. The van der Waals surface area contributed by atoms with Crippen LogP contribution in [0.25, 0.3) is 21.7 Å². The van der Waals surface area contributed by atoms with Crippen molar-refractivity contribution in [1.29, 1.82) is 5.41 Å². The molecule has 1 aliphatic rings. The molecule has 202 valence electrons. The molecular weight excluding hydrogens is 500 g/mol. The van der Waals surface area contributed by atoms with E-state index in [2.05, 4.69) is 16.4 Å². The van der Waals surface area contributed by atoms with Crippen molar-refractivity contribution < 1.29 is 9.53 Å². The number of nitrogens with zero attached hydrogens (tertiary/aromatic N) is 2. The Bertz CT molecular complexity index is 1700. The van der Waals surface area contributed by atoms with Crippen LogP contribution in [0.15, 0.2) is 85.1 Å². The summed E-state index contributed by atoms with van der Waals surface area (Å²) in [5.74, 6) is 1.04. The summed E-state index contributed by atoms with van der Waals surface area (Å²) in [6.45, 7) is 0.420. The summed E-state index contributed by atoms with van der Waals surface area (Å²) in [4.78, 5) is 18.0. The fourth-order valence-corrected chi connectivity index (χ4v) is 5.55. The molecule has 0 spiro atoms. The van der Waals surface area contributed by atoms with Gasteiger partial charge in [-0.05, 0) is 72.4 Å². The highest BCUT2D eigenvalue weighted by molar-refractivity contribution is 6.02. The van der Waals surface area contributed by atoms with Crippen molar-refractivity contribution in [2.45, 2.75) is 44.3 Å². The molecule has 6 rings (SSSR count). The van der Waals surface area contributed by atoms with Crippen LogP contribution in [-0.4, -0.2) is 33.4 Å². The summed E-state index contributed by atoms with van der Waals surface area (Å²) in [6, 6.07) is 25.5. The summed E-state index contributed by atoms with van der Waals surface area (Å²) >= 11 is 0. The average molecular weight is 533 g/mol. The molecule has 0 bridgehead atoms. The van der Waals surface area contributed by atoms with E-state index in [1.54, 1.807) is 6.20 Å². The quantitative estimate of drug-likeness (QED) is 0.167. The predicted molar refractivity (Wildman–Crippen MR) is 158 cm³/mol. The number of aromatic nitrogens is 2. The molecule has 0 aliphatic heterocycles. The maximum atomic E-state index is 13.7. The molecule has 2 aromatic heterocycles. The van der Waals surface area contributed by atoms with Crippen molar-refractivity contribution in [2.24, 2.45) is 11.5 Å². The SMILES string of the molecule is N=C(N)c1ccc2cc(C(=O)NC3CCC(N)CC3)n(Cc3cc(Oc4ccccn4)cc4ccccc34)c2c1. The van der Waals surface area contributed by atoms with E-state index < -0.39 is 0 Å². The second kappa shape index (κ2) is 10.8. The van der Waals surface area contributed by atoms with Gasteiger partial charge in [0.05, 0.1) is 0 Å². The second-order valence-corrected chi connectivity index (χ2v) is 10.5. The van der Waals surface area contributed by atoms with E-state index in [1.165, 1.54) is 0 Å². The van der Waals surface area contributed by atoms with E-state index in [9.17, 15) is 4.79 Å². The maximum Gasteiger partial charge on any atom is 0.268 e. The van der Waals surface area contributed by atoms with Crippen LogP contribution in [0.4, 0.5) is 0 Å². The van der Waals surface area contributed by atoms with Gasteiger partial charge in [-0.1, -0.05) is 42.5 Å². The number of nitrogen functional groups attached to an aromatic ring is 1. The summed E-state index contributed by atoms with van der Waals surface area (Å²) in [5, 5.41) is 14.2. The molecule has 8 heteroatoms. The van der Waals surface area contributed by atoms with E-state index in [4.69, 9.17) is 21.6 Å². The summed E-state index contributed by atoms with van der Waals surface area (Å²) in [7, 11) is 0. The first-order valence-electron chi connectivity index (χ1n) is 13.6. The Morgan fingerprint density at radius 3 is 2.55 bits per heavy atom. The third kappa shape index (κ3) is 5.26. The van der Waals surface area contributed by atoms with Crippen molar-refractivity contribution in [1.82, 2.24) is 14.9 Å². The summed E-state index contributed by atoms with van der Waals surface area (Å²) in [6.07, 6.45) is 5.26. The Morgan fingerprint density at radius 1 is 0.975 bits per heavy atom. The smallest absolute Gasteiger partial charge is 0.268 e. The van der Waals surface area contributed by atoms with Crippen LogP contribution >= 0.6 is 0 Å². The number of nitrogens with one attached hydrogen (secondary N) is 2. The minimum Gasteiger partial charge on any atom is -0.439 e. The van der Waals surface area contributed by atoms with E-state index in [0.717, 1.165) is 52.9 Å². The molecule has 40 heavy (non-hydrogen) atoms. The van der Waals surface area contributed by atoms with Gasteiger partial charge in [0.15, 0.2) is 0 Å². The Morgan fingerprint density at radius 2 is 1.77 bits per heavy atom. The van der Waals surface area contributed by atoms with Gasteiger partial charge in [0.25, 0.3) is 5.91 Å². The van der Waals surface area contributed by atoms with Gasteiger partial charge in [0.2, 0.25) is 5.88 Å². The molecule has 1 fully saturated rings. The van der Waals surface area contributed by atoms with Crippen molar-refractivity contribution in [2.75, 3.05) is 0 Å². The molecular formula is C32H32N6O2. The Kier molecular flexibility index (Phi) is 6.92. The number of hydrogen-bond acceptors (Lipinski definition) is 5. The topological polar surface area (TPSA) is 132 Å². The molecule has 1 saturated carbocycles. The van der Waals surface area contributed by atoms with E-state index in [1.807, 2.05) is 77.4 Å². The van der Waals surface area contributed by atoms with Gasteiger partial charge in [0.1, 0.15) is 17.3 Å². The minimum atomic E-state index is -0.119. The zero-order chi connectivity index (χ0) is 27.6. The molecule has 5 aromatic rings. The van der Waals surface area contributed by atoms with Crippen LogP contribution in [0, 0.1) is 5.41 Å². The third-order valence-corrected chi connectivity index (χ3v) is 7.66. The average Bonchev–Trinajstić information content (AvgIpc) is 3.32. The molecule has 1 amide bonds. The number of amides is 1. The first-order valence-corrected chi connectivity index (χ1v) is 13.6. The molecule has 0 radical (unpaired) electrons. The van der Waals surface area contributed by atoms with Crippen molar-refractivity contribution in [3.8, 4) is 11.6 Å². The molecule has 6 N–H and O–H groups in total. The van der Waals surface area contributed by atoms with Crippen LogP contribution in [0.2, 0.25) is 0 Å². The largest absolute Gasteiger partial charge is 0.439 e. The summed E-state index contributed by atoms with van der Waals surface area (Å²) < 4.78 is 8.13. The third-order valence-electron chi connectivity index (χ3n) is 7.66. The molecule has 8 nitrogen and oxygen atoms in total. The lowest BCUT2D eigenvalue weighted by Gasteiger charge is -2.27. The zero-order valence-electron chi connectivity index (χ0n) is 22.1. The number of hydrogen-bond donors (Lipinski definition) is 4.